The molecule has 0 fully saturated rings. The van der Waals surface area contributed by atoms with Crippen molar-refractivity contribution in [3.63, 3.8) is 0 Å². The lowest BCUT2D eigenvalue weighted by molar-refractivity contribution is -0.139. The van der Waals surface area contributed by atoms with E-state index < -0.39 is 28.5 Å². The van der Waals surface area contributed by atoms with Gasteiger partial charge in [-0.3, -0.25) is 13.9 Å². The van der Waals surface area contributed by atoms with Gasteiger partial charge in [-0.2, -0.15) is 0 Å². The molecule has 39 heavy (non-hydrogen) atoms. The number of anilines is 1. The van der Waals surface area contributed by atoms with E-state index in [0.717, 1.165) is 27.2 Å². The summed E-state index contributed by atoms with van der Waals surface area (Å²) in [6, 6.07) is 19.4. The highest BCUT2D eigenvalue weighted by Crippen LogP contribution is 2.31. The fourth-order valence-corrected chi connectivity index (χ4v) is 5.93. The van der Waals surface area contributed by atoms with Crippen molar-refractivity contribution in [2.75, 3.05) is 17.4 Å². The average Bonchev–Trinajstić information content (AvgIpc) is 2.93. The Balaban J connectivity index is 2.02. The monoisotopic (exact) mass is 633 g/mol. The quantitative estimate of drug-likeness (QED) is 0.250. The molecule has 3 aromatic rings. The number of carbonyl (C=O) groups excluding carboxylic acids is 2. The molecule has 7 nitrogen and oxygen atoms in total. The van der Waals surface area contributed by atoms with Gasteiger partial charge < -0.3 is 10.2 Å². The predicted molar refractivity (Wildman–Crippen MR) is 159 cm³/mol. The Kier molecular flexibility index (Phi) is 11.0. The van der Waals surface area contributed by atoms with Crippen LogP contribution in [-0.2, 0) is 26.2 Å². The molecule has 3 rings (SSSR count). The third-order valence-electron chi connectivity index (χ3n) is 6.38. The van der Waals surface area contributed by atoms with Crippen molar-refractivity contribution in [2.24, 2.45) is 0 Å². The maximum absolute atomic E-state index is 13.9. The molecule has 3 aromatic carbocycles. The SMILES string of the molecule is CCCCNC(=O)[C@H](C)N(Cc1ccc(Br)cc1)C(=O)CN(c1cccc(Cl)c1C)S(=O)(=O)c1ccccc1. The number of benzene rings is 3. The average molecular weight is 635 g/mol. The van der Waals surface area contributed by atoms with Crippen LogP contribution in [0.15, 0.2) is 82.2 Å². The van der Waals surface area contributed by atoms with E-state index in [2.05, 4.69) is 21.2 Å². The van der Waals surface area contributed by atoms with Gasteiger partial charge in [0.15, 0.2) is 0 Å². The van der Waals surface area contributed by atoms with E-state index >= 15 is 0 Å². The topological polar surface area (TPSA) is 86.8 Å². The largest absolute Gasteiger partial charge is 0.354 e. The molecule has 0 unspecified atom stereocenters. The number of sulfonamides is 1. The Bertz CT molecular complexity index is 1390. The first-order chi connectivity index (χ1) is 18.6. The Morgan fingerprint density at radius 2 is 1.67 bits per heavy atom. The van der Waals surface area contributed by atoms with E-state index in [0.29, 0.717) is 22.8 Å². The van der Waals surface area contributed by atoms with Crippen LogP contribution in [0.5, 0.6) is 0 Å². The van der Waals surface area contributed by atoms with Crippen LogP contribution in [0.4, 0.5) is 5.69 Å². The number of unbranched alkanes of at least 4 members (excludes halogenated alkanes) is 1. The maximum atomic E-state index is 13.9. The van der Waals surface area contributed by atoms with Crippen molar-refractivity contribution in [2.45, 2.75) is 51.1 Å². The summed E-state index contributed by atoms with van der Waals surface area (Å²) < 4.78 is 29.7. The van der Waals surface area contributed by atoms with Crippen molar-refractivity contribution >= 4 is 55.1 Å². The number of amides is 2. The standard InChI is InChI=1S/C29H33BrClN3O4S/c1-4-5-18-32-29(36)22(3)33(19-23-14-16-24(30)17-15-23)28(35)20-34(27-13-9-12-26(31)21(27)2)39(37,38)25-10-7-6-8-11-25/h6-17,22H,4-5,18-20H2,1-3H3,(H,32,36)/t22-/m0/s1. The van der Waals surface area contributed by atoms with E-state index in [-0.39, 0.29) is 17.3 Å². The third kappa shape index (κ3) is 7.84. The summed E-state index contributed by atoms with van der Waals surface area (Å²) in [4.78, 5) is 28.4. The van der Waals surface area contributed by atoms with Gasteiger partial charge in [0, 0.05) is 22.6 Å². The van der Waals surface area contributed by atoms with Crippen LogP contribution in [-0.4, -0.2) is 44.3 Å². The lowest BCUT2D eigenvalue weighted by atomic mass is 10.1. The number of hydrogen-bond donors (Lipinski definition) is 1. The van der Waals surface area contributed by atoms with Crippen LogP contribution in [0, 0.1) is 6.92 Å². The minimum atomic E-state index is -4.14. The highest BCUT2D eigenvalue weighted by molar-refractivity contribution is 9.10. The first-order valence-corrected chi connectivity index (χ1v) is 15.3. The molecule has 0 aliphatic carbocycles. The minimum Gasteiger partial charge on any atom is -0.354 e. The van der Waals surface area contributed by atoms with Crippen LogP contribution in [0.25, 0.3) is 0 Å². The first-order valence-electron chi connectivity index (χ1n) is 12.7. The molecule has 1 N–H and O–H groups in total. The molecular weight excluding hydrogens is 602 g/mol. The van der Waals surface area contributed by atoms with Crippen LogP contribution in [0.1, 0.15) is 37.8 Å². The molecule has 0 aromatic heterocycles. The Labute approximate surface area is 244 Å². The smallest absolute Gasteiger partial charge is 0.264 e. The minimum absolute atomic E-state index is 0.0435. The summed E-state index contributed by atoms with van der Waals surface area (Å²) in [5.74, 6) is -0.819. The van der Waals surface area contributed by atoms with Gasteiger partial charge in [0.2, 0.25) is 11.8 Å². The van der Waals surface area contributed by atoms with Gasteiger partial charge in [-0.1, -0.05) is 77.3 Å². The van der Waals surface area contributed by atoms with E-state index in [1.165, 1.54) is 17.0 Å². The van der Waals surface area contributed by atoms with Crippen molar-refractivity contribution in [3.8, 4) is 0 Å². The zero-order valence-electron chi connectivity index (χ0n) is 22.2. The van der Waals surface area contributed by atoms with Crippen molar-refractivity contribution in [3.05, 3.63) is 93.4 Å². The van der Waals surface area contributed by atoms with E-state index in [4.69, 9.17) is 11.6 Å². The van der Waals surface area contributed by atoms with Gasteiger partial charge in [-0.15, -0.1) is 0 Å². The molecule has 0 radical (unpaired) electrons. The Morgan fingerprint density at radius 1 is 1.00 bits per heavy atom. The lowest BCUT2D eigenvalue weighted by Gasteiger charge is -2.32. The molecule has 0 bridgehead atoms. The molecule has 0 spiro atoms. The maximum Gasteiger partial charge on any atom is 0.264 e. The summed E-state index contributed by atoms with van der Waals surface area (Å²) in [5.41, 5.74) is 1.62. The van der Waals surface area contributed by atoms with Crippen LogP contribution >= 0.6 is 27.5 Å². The highest BCUT2D eigenvalue weighted by atomic mass is 79.9. The summed E-state index contributed by atoms with van der Waals surface area (Å²) in [5, 5.41) is 3.26. The number of carbonyl (C=O) groups is 2. The molecular formula is C29H33BrClN3O4S. The number of halogens is 2. The van der Waals surface area contributed by atoms with Gasteiger partial charge in [0.25, 0.3) is 10.0 Å². The molecule has 0 aliphatic rings. The lowest BCUT2D eigenvalue weighted by Crippen LogP contribution is -2.51. The highest BCUT2D eigenvalue weighted by Gasteiger charge is 2.33. The molecule has 0 heterocycles. The number of hydrogen-bond acceptors (Lipinski definition) is 4. The molecule has 2 amide bonds. The van der Waals surface area contributed by atoms with Crippen molar-refractivity contribution in [1.29, 1.82) is 0 Å². The number of nitrogens with one attached hydrogen (secondary N) is 1. The Hall–Kier alpha value is -2.88. The first kappa shape index (κ1) is 30.7. The number of rotatable bonds is 12. The zero-order chi connectivity index (χ0) is 28.6. The van der Waals surface area contributed by atoms with Gasteiger partial charge in [0.05, 0.1) is 10.6 Å². The summed E-state index contributed by atoms with van der Waals surface area (Å²) >= 11 is 9.77. The molecule has 208 valence electrons. The Morgan fingerprint density at radius 3 is 2.31 bits per heavy atom. The summed E-state index contributed by atoms with van der Waals surface area (Å²) in [7, 11) is -4.14. The van der Waals surface area contributed by atoms with Crippen LogP contribution in [0.3, 0.4) is 0 Å². The molecule has 0 saturated carbocycles. The van der Waals surface area contributed by atoms with Crippen LogP contribution in [0.2, 0.25) is 5.02 Å². The van der Waals surface area contributed by atoms with Gasteiger partial charge in [0.1, 0.15) is 12.6 Å². The van der Waals surface area contributed by atoms with Crippen molar-refractivity contribution in [1.82, 2.24) is 10.2 Å². The summed E-state index contributed by atoms with van der Waals surface area (Å²) in [6.07, 6.45) is 1.73. The zero-order valence-corrected chi connectivity index (χ0v) is 25.4. The molecule has 10 heteroatoms. The number of nitrogens with zero attached hydrogens (tertiary/aromatic N) is 2. The van der Waals surface area contributed by atoms with E-state index in [9.17, 15) is 18.0 Å². The summed E-state index contributed by atoms with van der Waals surface area (Å²) in [6.45, 7) is 5.50. The van der Waals surface area contributed by atoms with Gasteiger partial charge in [-0.05, 0) is 67.8 Å². The van der Waals surface area contributed by atoms with Crippen LogP contribution < -0.4 is 9.62 Å². The van der Waals surface area contributed by atoms with Crippen molar-refractivity contribution < 1.29 is 18.0 Å². The second kappa shape index (κ2) is 14.0. The normalized spacial score (nSPS) is 12.0. The predicted octanol–water partition coefficient (Wildman–Crippen LogP) is 5.94. The third-order valence-corrected chi connectivity index (χ3v) is 9.09. The van der Waals surface area contributed by atoms with E-state index in [1.54, 1.807) is 50.2 Å². The second-order valence-electron chi connectivity index (χ2n) is 9.18. The molecule has 1 atom stereocenters. The molecule has 0 saturated heterocycles. The fourth-order valence-electron chi connectivity index (χ4n) is 4.00. The molecule has 0 aliphatic heterocycles. The fraction of sp³-hybridized carbons (Fsp3) is 0.310. The van der Waals surface area contributed by atoms with E-state index in [1.807, 2.05) is 31.2 Å². The van der Waals surface area contributed by atoms with Gasteiger partial charge >= 0.3 is 0 Å². The van der Waals surface area contributed by atoms with Gasteiger partial charge in [-0.25, -0.2) is 8.42 Å². The second-order valence-corrected chi connectivity index (χ2v) is 12.4.